The van der Waals surface area contributed by atoms with Gasteiger partial charge in [-0.1, -0.05) is 20.4 Å². The summed E-state index contributed by atoms with van der Waals surface area (Å²) in [5.41, 5.74) is 6.02. The van der Waals surface area contributed by atoms with Gasteiger partial charge in [0, 0.05) is 25.2 Å². The second kappa shape index (κ2) is 7.81. The van der Waals surface area contributed by atoms with E-state index in [-0.39, 0.29) is 5.91 Å². The first-order valence-electron chi connectivity index (χ1n) is 5.77. The molecule has 0 aliphatic rings. The highest BCUT2D eigenvalue weighted by atomic mass is 16.2. The molecule has 0 aliphatic heterocycles. The lowest BCUT2D eigenvalue weighted by atomic mass is 10.3. The second-order valence-corrected chi connectivity index (χ2v) is 3.47. The van der Waals surface area contributed by atoms with Gasteiger partial charge in [0.05, 0.1) is 0 Å². The predicted octanol–water partition coefficient (Wildman–Crippen LogP) is 0.882. The van der Waals surface area contributed by atoms with Crippen LogP contribution in [0.25, 0.3) is 0 Å². The molecule has 0 fully saturated rings. The molecule has 2 N–H and O–H groups in total. The van der Waals surface area contributed by atoms with Crippen LogP contribution >= 0.6 is 0 Å². The Labute approximate surface area is 103 Å². The molecule has 3 amide bonds. The molecular weight excluding hydrogens is 220 g/mol. The van der Waals surface area contributed by atoms with Crippen LogP contribution in [0.5, 0.6) is 0 Å². The number of carbonyl (C=O) groups excluding carboxylic acids is 2. The normalized spacial score (nSPS) is 9.88. The van der Waals surface area contributed by atoms with Crippen molar-refractivity contribution in [2.45, 2.75) is 27.7 Å². The Morgan fingerprint density at radius 3 is 1.88 bits per heavy atom. The molecule has 6 heteroatoms. The summed E-state index contributed by atoms with van der Waals surface area (Å²) in [5, 5.41) is 1.23. The standard InChI is InChI=1S/C11H22N4O2/c1-6-12-15(13-7-2)11(17)14(8-3)10(16)9(4)5/h12-13H,4,6-8H2,1-3,5H3. The van der Waals surface area contributed by atoms with E-state index in [0.717, 1.165) is 4.90 Å². The third-order valence-electron chi connectivity index (χ3n) is 1.98. The van der Waals surface area contributed by atoms with Crippen molar-refractivity contribution in [2.75, 3.05) is 19.6 Å². The summed E-state index contributed by atoms with van der Waals surface area (Å²) in [4.78, 5) is 24.9. The van der Waals surface area contributed by atoms with Gasteiger partial charge < -0.3 is 0 Å². The Morgan fingerprint density at radius 2 is 1.59 bits per heavy atom. The van der Waals surface area contributed by atoms with E-state index in [0.29, 0.717) is 25.2 Å². The zero-order chi connectivity index (χ0) is 13.4. The SMILES string of the molecule is C=C(C)C(=O)N(CC)C(=O)N(NCC)NCC. The van der Waals surface area contributed by atoms with Crippen molar-refractivity contribution in [3.8, 4) is 0 Å². The van der Waals surface area contributed by atoms with Crippen molar-refractivity contribution in [3.05, 3.63) is 12.2 Å². The number of amides is 3. The van der Waals surface area contributed by atoms with Crippen molar-refractivity contribution < 1.29 is 9.59 Å². The van der Waals surface area contributed by atoms with Gasteiger partial charge in [0.15, 0.2) is 0 Å². The quantitative estimate of drug-likeness (QED) is 0.536. The number of nitrogens with one attached hydrogen (secondary N) is 2. The van der Waals surface area contributed by atoms with E-state index in [1.54, 1.807) is 13.8 Å². The third-order valence-corrected chi connectivity index (χ3v) is 1.98. The Balaban J connectivity index is 4.80. The minimum atomic E-state index is -0.427. The zero-order valence-electron chi connectivity index (χ0n) is 11.0. The lowest BCUT2D eigenvalue weighted by molar-refractivity contribution is -0.125. The summed E-state index contributed by atoms with van der Waals surface area (Å²) in [6.07, 6.45) is 0. The summed E-state index contributed by atoms with van der Waals surface area (Å²) < 4.78 is 0. The largest absolute Gasteiger partial charge is 0.356 e. The van der Waals surface area contributed by atoms with Gasteiger partial charge in [-0.3, -0.25) is 9.69 Å². The van der Waals surface area contributed by atoms with Crippen LogP contribution in [0.4, 0.5) is 4.79 Å². The highest BCUT2D eigenvalue weighted by molar-refractivity contribution is 6.02. The number of likely N-dealkylation sites (N-methyl/N-ethyl adjacent to an activating group) is 1. The van der Waals surface area contributed by atoms with Gasteiger partial charge in [0.2, 0.25) is 0 Å². The molecule has 0 rings (SSSR count). The van der Waals surface area contributed by atoms with Gasteiger partial charge in [-0.25, -0.2) is 15.6 Å². The molecule has 0 aliphatic carbocycles. The van der Waals surface area contributed by atoms with E-state index >= 15 is 0 Å². The molecule has 0 bridgehead atoms. The fourth-order valence-corrected chi connectivity index (χ4v) is 1.22. The van der Waals surface area contributed by atoms with E-state index in [1.165, 1.54) is 5.12 Å². The number of imide groups is 1. The molecule has 0 aromatic heterocycles. The van der Waals surface area contributed by atoms with Crippen LogP contribution in [0, 0.1) is 0 Å². The van der Waals surface area contributed by atoms with Crippen molar-refractivity contribution >= 4 is 11.9 Å². The maximum Gasteiger partial charge on any atom is 0.356 e. The molecular formula is C11H22N4O2. The Bertz CT molecular complexity index is 285. The Hall–Kier alpha value is -1.40. The first-order valence-corrected chi connectivity index (χ1v) is 5.77. The molecule has 0 saturated heterocycles. The molecule has 98 valence electrons. The average Bonchev–Trinajstić information content (AvgIpc) is 2.29. The van der Waals surface area contributed by atoms with Crippen molar-refractivity contribution in [2.24, 2.45) is 0 Å². The van der Waals surface area contributed by atoms with Crippen LogP contribution in [-0.4, -0.2) is 41.6 Å². The number of carbonyl (C=O) groups is 2. The summed E-state index contributed by atoms with van der Waals surface area (Å²) in [6, 6.07) is -0.427. The number of hydrogen-bond donors (Lipinski definition) is 2. The lowest BCUT2D eigenvalue weighted by Crippen LogP contribution is -2.57. The molecule has 6 nitrogen and oxygen atoms in total. The van der Waals surface area contributed by atoms with E-state index < -0.39 is 6.03 Å². The zero-order valence-corrected chi connectivity index (χ0v) is 11.0. The van der Waals surface area contributed by atoms with Gasteiger partial charge in [0.25, 0.3) is 5.91 Å². The molecule has 17 heavy (non-hydrogen) atoms. The van der Waals surface area contributed by atoms with Gasteiger partial charge in [-0.05, 0) is 13.8 Å². The van der Waals surface area contributed by atoms with Crippen LogP contribution in [-0.2, 0) is 4.79 Å². The minimum Gasteiger partial charge on any atom is -0.269 e. The highest BCUT2D eigenvalue weighted by Crippen LogP contribution is 2.01. The fourth-order valence-electron chi connectivity index (χ4n) is 1.22. The fraction of sp³-hybridized carbons (Fsp3) is 0.636. The van der Waals surface area contributed by atoms with Gasteiger partial charge in [0.1, 0.15) is 0 Å². The monoisotopic (exact) mass is 242 g/mol. The van der Waals surface area contributed by atoms with Crippen LogP contribution in [0.1, 0.15) is 27.7 Å². The smallest absolute Gasteiger partial charge is 0.269 e. The molecule has 0 unspecified atom stereocenters. The minimum absolute atomic E-state index is 0.303. The number of hydrogen-bond acceptors (Lipinski definition) is 4. The highest BCUT2D eigenvalue weighted by Gasteiger charge is 2.24. The number of hydrazine groups is 2. The van der Waals surface area contributed by atoms with Crippen LogP contribution in [0.2, 0.25) is 0 Å². The van der Waals surface area contributed by atoms with Gasteiger partial charge >= 0.3 is 6.03 Å². The van der Waals surface area contributed by atoms with E-state index in [2.05, 4.69) is 17.4 Å². The number of urea groups is 1. The topological polar surface area (TPSA) is 64.7 Å². The Morgan fingerprint density at radius 1 is 1.12 bits per heavy atom. The van der Waals surface area contributed by atoms with Gasteiger partial charge in [-0.2, -0.15) is 5.12 Å². The molecule has 0 aromatic carbocycles. The van der Waals surface area contributed by atoms with Crippen LogP contribution < -0.4 is 10.9 Å². The predicted molar refractivity (Wildman–Crippen MR) is 66.8 cm³/mol. The van der Waals surface area contributed by atoms with E-state index in [4.69, 9.17) is 0 Å². The maximum absolute atomic E-state index is 12.1. The van der Waals surface area contributed by atoms with E-state index in [9.17, 15) is 9.59 Å². The summed E-state index contributed by atoms with van der Waals surface area (Å²) in [7, 11) is 0. The van der Waals surface area contributed by atoms with Crippen LogP contribution in [0.15, 0.2) is 12.2 Å². The summed E-state index contributed by atoms with van der Waals surface area (Å²) >= 11 is 0. The second-order valence-electron chi connectivity index (χ2n) is 3.47. The van der Waals surface area contributed by atoms with E-state index in [1.807, 2.05) is 13.8 Å². The van der Waals surface area contributed by atoms with Crippen molar-refractivity contribution in [1.29, 1.82) is 0 Å². The molecule has 0 saturated carbocycles. The van der Waals surface area contributed by atoms with Gasteiger partial charge in [-0.15, -0.1) is 0 Å². The maximum atomic E-state index is 12.1. The lowest BCUT2D eigenvalue weighted by Gasteiger charge is -2.28. The first kappa shape index (κ1) is 15.6. The van der Waals surface area contributed by atoms with Crippen LogP contribution in [0.3, 0.4) is 0 Å². The summed E-state index contributed by atoms with van der Waals surface area (Å²) in [6.45, 7) is 12.1. The third kappa shape index (κ3) is 4.54. The number of rotatable bonds is 6. The molecule has 0 heterocycles. The van der Waals surface area contributed by atoms with Crippen molar-refractivity contribution in [3.63, 3.8) is 0 Å². The molecule has 0 spiro atoms. The first-order chi connectivity index (χ1) is 7.99. The summed E-state index contributed by atoms with van der Waals surface area (Å²) in [5.74, 6) is -0.363. The van der Waals surface area contributed by atoms with Crippen molar-refractivity contribution in [1.82, 2.24) is 20.9 Å². The average molecular weight is 242 g/mol. The Kier molecular flexibility index (Phi) is 7.16. The number of nitrogens with zero attached hydrogens (tertiary/aromatic N) is 2. The molecule has 0 aromatic rings. The molecule has 0 atom stereocenters. The molecule has 0 radical (unpaired) electrons.